The third kappa shape index (κ3) is 3.92. The molecule has 3 aromatic rings. The summed E-state index contributed by atoms with van der Waals surface area (Å²) in [4.78, 5) is 25.7. The van der Waals surface area contributed by atoms with E-state index < -0.39 is 0 Å². The van der Waals surface area contributed by atoms with E-state index in [0.29, 0.717) is 5.69 Å². The maximum atomic E-state index is 12.5. The van der Waals surface area contributed by atoms with Gasteiger partial charge in [0.25, 0.3) is 5.91 Å². The number of nitrogens with zero attached hydrogens (tertiary/aromatic N) is 4. The van der Waals surface area contributed by atoms with E-state index in [1.54, 1.807) is 6.20 Å². The molecule has 0 bridgehead atoms. The molecule has 0 spiro atoms. The van der Waals surface area contributed by atoms with Crippen molar-refractivity contribution in [2.24, 2.45) is 0 Å². The minimum Gasteiger partial charge on any atom is -0.372 e. The zero-order chi connectivity index (χ0) is 20.2. The standard InChI is InChI=1S/C23H25N5O/c1-3-27(4-2)19-11-9-18(10-12-19)26-23(29)20-15-25-22(16-24-20)28-14-13-17-7-5-6-8-21(17)28/h5-12,15-16H,3-4,13-14H2,1-2H3,(H,26,29). The summed E-state index contributed by atoms with van der Waals surface area (Å²) in [6, 6.07) is 16.2. The molecule has 6 nitrogen and oxygen atoms in total. The van der Waals surface area contributed by atoms with Crippen LogP contribution >= 0.6 is 0 Å². The zero-order valence-corrected chi connectivity index (χ0v) is 16.8. The molecule has 0 saturated heterocycles. The predicted molar refractivity (Wildman–Crippen MR) is 117 cm³/mol. The molecule has 0 aliphatic carbocycles. The summed E-state index contributed by atoms with van der Waals surface area (Å²) in [6.07, 6.45) is 4.19. The Morgan fingerprint density at radius 1 is 1.03 bits per heavy atom. The smallest absolute Gasteiger partial charge is 0.275 e. The SMILES string of the molecule is CCN(CC)c1ccc(NC(=O)c2cnc(N3CCc4ccccc43)cn2)cc1. The number of amides is 1. The van der Waals surface area contributed by atoms with Crippen LogP contribution in [0.2, 0.25) is 0 Å². The minimum atomic E-state index is -0.263. The fourth-order valence-electron chi connectivity index (χ4n) is 3.69. The first-order chi connectivity index (χ1) is 14.2. The molecule has 0 atom stereocenters. The number of fused-ring (bicyclic) bond motifs is 1. The summed E-state index contributed by atoms with van der Waals surface area (Å²) in [7, 11) is 0. The predicted octanol–water partition coefficient (Wildman–Crippen LogP) is 4.27. The second kappa shape index (κ2) is 8.31. The van der Waals surface area contributed by atoms with E-state index in [2.05, 4.69) is 57.1 Å². The Balaban J connectivity index is 1.44. The van der Waals surface area contributed by atoms with Crippen molar-refractivity contribution in [1.82, 2.24) is 9.97 Å². The molecule has 29 heavy (non-hydrogen) atoms. The van der Waals surface area contributed by atoms with Gasteiger partial charge >= 0.3 is 0 Å². The van der Waals surface area contributed by atoms with Crippen molar-refractivity contribution in [3.63, 3.8) is 0 Å². The van der Waals surface area contributed by atoms with Crippen LogP contribution in [0.15, 0.2) is 60.9 Å². The molecule has 1 aliphatic heterocycles. The monoisotopic (exact) mass is 387 g/mol. The Bertz CT molecular complexity index is 981. The molecule has 0 saturated carbocycles. The van der Waals surface area contributed by atoms with E-state index in [1.165, 1.54) is 11.8 Å². The Morgan fingerprint density at radius 2 is 1.79 bits per heavy atom. The number of anilines is 4. The van der Waals surface area contributed by atoms with E-state index in [-0.39, 0.29) is 5.91 Å². The van der Waals surface area contributed by atoms with Crippen LogP contribution in [0, 0.1) is 0 Å². The largest absolute Gasteiger partial charge is 0.372 e. The highest BCUT2D eigenvalue weighted by atomic mass is 16.1. The first kappa shape index (κ1) is 18.9. The third-order valence-corrected chi connectivity index (χ3v) is 5.29. The number of hydrogen-bond donors (Lipinski definition) is 1. The number of nitrogens with one attached hydrogen (secondary N) is 1. The molecule has 1 N–H and O–H groups in total. The molecule has 2 heterocycles. The lowest BCUT2D eigenvalue weighted by atomic mass is 10.2. The van der Waals surface area contributed by atoms with Crippen molar-refractivity contribution in [2.75, 3.05) is 34.8 Å². The van der Waals surface area contributed by atoms with Crippen molar-refractivity contribution in [3.05, 3.63) is 72.2 Å². The first-order valence-electron chi connectivity index (χ1n) is 10.0. The van der Waals surface area contributed by atoms with Crippen molar-refractivity contribution in [3.8, 4) is 0 Å². The number of para-hydroxylation sites is 1. The molecule has 0 radical (unpaired) electrons. The van der Waals surface area contributed by atoms with Gasteiger partial charge in [-0.05, 0) is 56.2 Å². The average molecular weight is 387 g/mol. The number of aromatic nitrogens is 2. The molecule has 1 aliphatic rings. The molecule has 2 aromatic carbocycles. The summed E-state index contributed by atoms with van der Waals surface area (Å²) in [5.74, 6) is 0.497. The van der Waals surface area contributed by atoms with Gasteiger partial charge in [0.2, 0.25) is 0 Å². The van der Waals surface area contributed by atoms with Crippen LogP contribution in [0.3, 0.4) is 0 Å². The van der Waals surface area contributed by atoms with Gasteiger partial charge < -0.3 is 15.1 Å². The summed E-state index contributed by atoms with van der Waals surface area (Å²) < 4.78 is 0. The maximum Gasteiger partial charge on any atom is 0.275 e. The highest BCUT2D eigenvalue weighted by molar-refractivity contribution is 6.02. The molecule has 0 unspecified atom stereocenters. The van der Waals surface area contributed by atoms with Gasteiger partial charge in [-0.1, -0.05) is 18.2 Å². The lowest BCUT2D eigenvalue weighted by Gasteiger charge is -2.21. The van der Waals surface area contributed by atoms with Gasteiger partial charge in [0.15, 0.2) is 5.82 Å². The summed E-state index contributed by atoms with van der Waals surface area (Å²) in [6.45, 7) is 7.03. The van der Waals surface area contributed by atoms with Gasteiger partial charge in [0.1, 0.15) is 5.69 Å². The Kier molecular flexibility index (Phi) is 5.42. The lowest BCUT2D eigenvalue weighted by molar-refractivity contribution is 0.102. The molecule has 148 valence electrons. The van der Waals surface area contributed by atoms with Crippen molar-refractivity contribution in [2.45, 2.75) is 20.3 Å². The molecule has 1 amide bonds. The normalized spacial score (nSPS) is 12.6. The number of rotatable bonds is 6. The van der Waals surface area contributed by atoms with Gasteiger partial charge in [0, 0.05) is 36.7 Å². The quantitative estimate of drug-likeness (QED) is 0.684. The van der Waals surface area contributed by atoms with E-state index >= 15 is 0 Å². The van der Waals surface area contributed by atoms with Crippen LogP contribution in [0.1, 0.15) is 29.9 Å². The van der Waals surface area contributed by atoms with Gasteiger partial charge in [-0.3, -0.25) is 4.79 Å². The van der Waals surface area contributed by atoms with Gasteiger partial charge in [0.05, 0.1) is 12.4 Å². The molecular formula is C23H25N5O. The fraction of sp³-hybridized carbons (Fsp3) is 0.261. The van der Waals surface area contributed by atoms with Gasteiger partial charge in [-0.25, -0.2) is 9.97 Å². The first-order valence-corrected chi connectivity index (χ1v) is 10.0. The van der Waals surface area contributed by atoms with E-state index in [9.17, 15) is 4.79 Å². The average Bonchev–Trinajstić information content (AvgIpc) is 3.20. The van der Waals surface area contributed by atoms with Crippen molar-refractivity contribution >= 4 is 28.8 Å². The zero-order valence-electron chi connectivity index (χ0n) is 16.8. The number of carbonyl (C=O) groups is 1. The lowest BCUT2D eigenvalue weighted by Crippen LogP contribution is -2.21. The fourth-order valence-corrected chi connectivity index (χ4v) is 3.69. The third-order valence-electron chi connectivity index (χ3n) is 5.29. The maximum absolute atomic E-state index is 12.5. The number of carbonyl (C=O) groups excluding carboxylic acids is 1. The van der Waals surface area contributed by atoms with Crippen LogP contribution in [0.25, 0.3) is 0 Å². The number of hydrogen-bond acceptors (Lipinski definition) is 5. The van der Waals surface area contributed by atoms with Crippen LogP contribution in [0.5, 0.6) is 0 Å². The van der Waals surface area contributed by atoms with E-state index in [0.717, 1.165) is 48.9 Å². The molecule has 4 rings (SSSR count). The summed E-state index contributed by atoms with van der Waals surface area (Å²) >= 11 is 0. The second-order valence-corrected chi connectivity index (χ2v) is 6.96. The molecule has 6 heteroatoms. The van der Waals surface area contributed by atoms with Crippen molar-refractivity contribution < 1.29 is 4.79 Å². The van der Waals surface area contributed by atoms with Gasteiger partial charge in [-0.15, -0.1) is 0 Å². The highest BCUT2D eigenvalue weighted by Gasteiger charge is 2.21. The van der Waals surface area contributed by atoms with Crippen LogP contribution < -0.4 is 15.1 Å². The van der Waals surface area contributed by atoms with Crippen LogP contribution in [-0.2, 0) is 6.42 Å². The van der Waals surface area contributed by atoms with E-state index in [4.69, 9.17) is 0 Å². The molecular weight excluding hydrogens is 362 g/mol. The second-order valence-electron chi connectivity index (χ2n) is 6.96. The van der Waals surface area contributed by atoms with Crippen LogP contribution in [-0.4, -0.2) is 35.5 Å². The van der Waals surface area contributed by atoms with Crippen molar-refractivity contribution in [1.29, 1.82) is 0 Å². The Labute approximate surface area is 171 Å². The van der Waals surface area contributed by atoms with Gasteiger partial charge in [-0.2, -0.15) is 0 Å². The molecule has 0 fully saturated rings. The Morgan fingerprint density at radius 3 is 2.48 bits per heavy atom. The topological polar surface area (TPSA) is 61.4 Å². The Hall–Kier alpha value is -3.41. The summed E-state index contributed by atoms with van der Waals surface area (Å²) in [5.41, 5.74) is 4.65. The summed E-state index contributed by atoms with van der Waals surface area (Å²) in [5, 5.41) is 2.89. The van der Waals surface area contributed by atoms with E-state index in [1.807, 2.05) is 30.3 Å². The van der Waals surface area contributed by atoms with Crippen LogP contribution in [0.4, 0.5) is 22.9 Å². The minimum absolute atomic E-state index is 0.263. The highest BCUT2D eigenvalue weighted by Crippen LogP contribution is 2.32. The number of benzene rings is 2. The molecule has 1 aromatic heterocycles.